The summed E-state index contributed by atoms with van der Waals surface area (Å²) in [6, 6.07) is 8.97. The third-order valence-corrected chi connectivity index (χ3v) is 2.20. The van der Waals surface area contributed by atoms with Gasteiger partial charge in [-0.2, -0.15) is 0 Å². The van der Waals surface area contributed by atoms with Gasteiger partial charge in [0, 0.05) is 5.75 Å². The highest BCUT2D eigenvalue weighted by Gasteiger charge is 2.04. The molecular formula is C11H12O2S. The zero-order valence-corrected chi connectivity index (χ0v) is 8.63. The van der Waals surface area contributed by atoms with Crippen LogP contribution >= 0.6 is 11.8 Å². The fourth-order valence-electron chi connectivity index (χ4n) is 0.923. The smallest absolute Gasteiger partial charge is 0.338 e. The Morgan fingerprint density at radius 1 is 1.43 bits per heavy atom. The van der Waals surface area contributed by atoms with Gasteiger partial charge in [0.05, 0.1) is 5.56 Å². The molecule has 14 heavy (non-hydrogen) atoms. The fourth-order valence-corrected chi connectivity index (χ4v) is 1.27. The molecule has 0 aliphatic carbocycles. The van der Waals surface area contributed by atoms with Crippen LogP contribution in [0.1, 0.15) is 10.4 Å². The van der Waals surface area contributed by atoms with Crippen molar-refractivity contribution in [3.63, 3.8) is 0 Å². The molecule has 0 N–H and O–H groups in total. The maximum atomic E-state index is 11.4. The fraction of sp³-hybridized carbons (Fsp3) is 0.182. The van der Waals surface area contributed by atoms with Gasteiger partial charge in [0.25, 0.3) is 0 Å². The second-order valence-corrected chi connectivity index (χ2v) is 3.61. The molecule has 0 radical (unpaired) electrons. The molecule has 0 fully saturated rings. The van der Waals surface area contributed by atoms with Crippen molar-refractivity contribution < 1.29 is 9.53 Å². The quantitative estimate of drug-likeness (QED) is 0.549. The number of carbonyl (C=O) groups excluding carboxylic acids is 1. The lowest BCUT2D eigenvalue weighted by Crippen LogP contribution is -2.07. The molecule has 74 valence electrons. The van der Waals surface area contributed by atoms with Crippen molar-refractivity contribution in [2.24, 2.45) is 0 Å². The maximum Gasteiger partial charge on any atom is 0.338 e. The summed E-state index contributed by atoms with van der Waals surface area (Å²) in [4.78, 5) is 11.4. The van der Waals surface area contributed by atoms with Crippen LogP contribution in [0.2, 0.25) is 0 Å². The number of esters is 1. The van der Waals surface area contributed by atoms with E-state index in [2.05, 4.69) is 6.58 Å². The summed E-state index contributed by atoms with van der Waals surface area (Å²) in [5.74, 6) is 0.484. The van der Waals surface area contributed by atoms with Gasteiger partial charge in [0.15, 0.2) is 0 Å². The van der Waals surface area contributed by atoms with Crippen LogP contribution in [-0.2, 0) is 4.74 Å². The van der Waals surface area contributed by atoms with E-state index in [1.165, 1.54) is 11.8 Å². The van der Waals surface area contributed by atoms with Crippen molar-refractivity contribution in [1.29, 1.82) is 0 Å². The summed E-state index contributed by atoms with van der Waals surface area (Å²) < 4.78 is 5.02. The molecule has 0 saturated carbocycles. The lowest BCUT2D eigenvalue weighted by Gasteiger charge is -2.02. The molecule has 0 heterocycles. The highest BCUT2D eigenvalue weighted by Crippen LogP contribution is 2.03. The van der Waals surface area contributed by atoms with Gasteiger partial charge in [-0.3, -0.25) is 0 Å². The van der Waals surface area contributed by atoms with Crippen LogP contribution in [0.25, 0.3) is 0 Å². The van der Waals surface area contributed by atoms with Crippen LogP contribution in [0.3, 0.4) is 0 Å². The van der Waals surface area contributed by atoms with Gasteiger partial charge in [-0.05, 0) is 17.5 Å². The number of carbonyl (C=O) groups is 1. The van der Waals surface area contributed by atoms with E-state index in [4.69, 9.17) is 4.74 Å². The second-order valence-electron chi connectivity index (χ2n) is 2.54. The number of hydrogen-bond donors (Lipinski definition) is 0. The molecule has 1 rings (SSSR count). The van der Waals surface area contributed by atoms with Crippen molar-refractivity contribution in [2.45, 2.75) is 0 Å². The van der Waals surface area contributed by atoms with Crippen LogP contribution in [-0.4, -0.2) is 18.3 Å². The average molecular weight is 208 g/mol. The third-order valence-electron chi connectivity index (χ3n) is 1.56. The van der Waals surface area contributed by atoms with Crippen molar-refractivity contribution in [3.05, 3.63) is 47.9 Å². The van der Waals surface area contributed by atoms with E-state index < -0.39 is 0 Å². The molecule has 0 atom stereocenters. The average Bonchev–Trinajstić information content (AvgIpc) is 2.25. The van der Waals surface area contributed by atoms with E-state index in [0.717, 1.165) is 5.75 Å². The first-order valence-corrected chi connectivity index (χ1v) is 5.34. The van der Waals surface area contributed by atoms with Gasteiger partial charge in [0.2, 0.25) is 0 Å². The van der Waals surface area contributed by atoms with E-state index in [1.54, 1.807) is 17.5 Å². The Bertz CT molecular complexity index is 295. The molecule has 0 spiro atoms. The molecule has 0 bridgehead atoms. The van der Waals surface area contributed by atoms with Gasteiger partial charge >= 0.3 is 5.97 Å². The lowest BCUT2D eigenvalue weighted by molar-refractivity contribution is 0.0530. The van der Waals surface area contributed by atoms with Gasteiger partial charge < -0.3 is 4.74 Å². The van der Waals surface area contributed by atoms with E-state index in [1.807, 2.05) is 18.2 Å². The predicted molar refractivity (Wildman–Crippen MR) is 59.4 cm³/mol. The zero-order chi connectivity index (χ0) is 10.2. The van der Waals surface area contributed by atoms with Gasteiger partial charge in [0.1, 0.15) is 6.61 Å². The summed E-state index contributed by atoms with van der Waals surface area (Å²) in [5.41, 5.74) is 0.594. The van der Waals surface area contributed by atoms with E-state index in [-0.39, 0.29) is 5.97 Å². The molecule has 3 heteroatoms. The third kappa shape index (κ3) is 3.66. The Hall–Kier alpha value is -1.22. The van der Waals surface area contributed by atoms with Crippen molar-refractivity contribution in [3.8, 4) is 0 Å². The predicted octanol–water partition coefficient (Wildman–Crippen LogP) is 2.72. The number of rotatable bonds is 5. The molecule has 0 amide bonds. The van der Waals surface area contributed by atoms with Crippen LogP contribution in [0.15, 0.2) is 42.3 Å². The molecule has 0 aromatic heterocycles. The molecule has 0 saturated heterocycles. The maximum absolute atomic E-state index is 11.4. The molecule has 1 aromatic rings. The first kappa shape index (κ1) is 10.9. The Morgan fingerprint density at radius 3 is 2.79 bits per heavy atom. The Labute approximate surface area is 88.0 Å². The Morgan fingerprint density at radius 2 is 2.14 bits per heavy atom. The Kier molecular flexibility index (Phi) is 4.86. The van der Waals surface area contributed by atoms with Crippen LogP contribution in [0, 0.1) is 0 Å². The molecule has 2 nitrogen and oxygen atoms in total. The first-order chi connectivity index (χ1) is 6.84. The monoisotopic (exact) mass is 208 g/mol. The largest absolute Gasteiger partial charge is 0.461 e. The van der Waals surface area contributed by atoms with Crippen molar-refractivity contribution in [2.75, 3.05) is 12.4 Å². The molecular weight excluding hydrogens is 196 g/mol. The minimum Gasteiger partial charge on any atom is -0.461 e. The van der Waals surface area contributed by atoms with Crippen LogP contribution < -0.4 is 0 Å². The van der Waals surface area contributed by atoms with Crippen molar-refractivity contribution in [1.82, 2.24) is 0 Å². The standard InChI is InChI=1S/C11H12O2S/c1-2-14-9-8-13-11(12)10-6-4-3-5-7-10/h2-7H,1,8-9H2. The Balaban J connectivity index is 2.32. The minimum absolute atomic E-state index is 0.268. The number of hydrogen-bond acceptors (Lipinski definition) is 3. The van der Waals surface area contributed by atoms with Gasteiger partial charge in [-0.1, -0.05) is 24.8 Å². The van der Waals surface area contributed by atoms with Crippen LogP contribution in [0.5, 0.6) is 0 Å². The second kappa shape index (κ2) is 6.27. The zero-order valence-electron chi connectivity index (χ0n) is 7.81. The number of ether oxygens (including phenoxy) is 1. The highest BCUT2D eigenvalue weighted by atomic mass is 32.2. The van der Waals surface area contributed by atoms with E-state index >= 15 is 0 Å². The highest BCUT2D eigenvalue weighted by molar-refractivity contribution is 8.02. The molecule has 0 aliphatic rings. The van der Waals surface area contributed by atoms with E-state index in [0.29, 0.717) is 12.2 Å². The van der Waals surface area contributed by atoms with Gasteiger partial charge in [-0.15, -0.1) is 11.8 Å². The van der Waals surface area contributed by atoms with Gasteiger partial charge in [-0.25, -0.2) is 4.79 Å². The number of benzene rings is 1. The molecule has 1 aromatic carbocycles. The van der Waals surface area contributed by atoms with Crippen LogP contribution in [0.4, 0.5) is 0 Å². The minimum atomic E-state index is -0.268. The lowest BCUT2D eigenvalue weighted by atomic mass is 10.2. The summed E-state index contributed by atoms with van der Waals surface area (Å²) in [6.45, 7) is 3.98. The topological polar surface area (TPSA) is 26.3 Å². The SMILES string of the molecule is C=CSCCOC(=O)c1ccccc1. The number of thioether (sulfide) groups is 1. The van der Waals surface area contributed by atoms with Crippen molar-refractivity contribution >= 4 is 17.7 Å². The molecule has 0 aliphatic heterocycles. The summed E-state index contributed by atoms with van der Waals surface area (Å²) in [5, 5.41) is 1.73. The summed E-state index contributed by atoms with van der Waals surface area (Å²) in [7, 11) is 0. The van der Waals surface area contributed by atoms with E-state index in [9.17, 15) is 4.79 Å². The summed E-state index contributed by atoms with van der Waals surface area (Å²) in [6.07, 6.45) is 0. The normalized spacial score (nSPS) is 9.43. The first-order valence-electron chi connectivity index (χ1n) is 4.29. The summed E-state index contributed by atoms with van der Waals surface area (Å²) >= 11 is 1.53. The molecule has 0 unspecified atom stereocenters.